The van der Waals surface area contributed by atoms with Gasteiger partial charge in [0.15, 0.2) is 0 Å². The molecule has 1 aliphatic rings. The lowest BCUT2D eigenvalue weighted by molar-refractivity contribution is -0.122. The Hall–Kier alpha value is -2.18. The first-order chi connectivity index (χ1) is 8.69. The van der Waals surface area contributed by atoms with Crippen molar-refractivity contribution < 1.29 is 4.79 Å². The molecule has 0 fully saturated rings. The van der Waals surface area contributed by atoms with Crippen molar-refractivity contribution in [2.45, 2.75) is 12.8 Å². The van der Waals surface area contributed by atoms with E-state index in [1.54, 1.807) is 6.92 Å². The van der Waals surface area contributed by atoms with Gasteiger partial charge in [-0.05, 0) is 18.4 Å². The Labute approximate surface area is 108 Å². The topological polar surface area (TPSA) is 89.0 Å². The number of nitrogens with zero attached hydrogens (tertiary/aromatic N) is 3. The Morgan fingerprint density at radius 2 is 2.22 bits per heavy atom. The number of nitriles is 2. The van der Waals surface area contributed by atoms with E-state index in [1.807, 2.05) is 29.7 Å². The molecule has 18 heavy (non-hydrogen) atoms. The van der Waals surface area contributed by atoms with Crippen molar-refractivity contribution in [1.29, 1.82) is 10.5 Å². The second-order valence-electron chi connectivity index (χ2n) is 3.98. The molecule has 2 heterocycles. The molecule has 0 unspecified atom stereocenters. The van der Waals surface area contributed by atoms with Gasteiger partial charge in [0.2, 0.25) is 5.91 Å². The van der Waals surface area contributed by atoms with Crippen LogP contribution >= 0.6 is 11.3 Å². The van der Waals surface area contributed by atoms with Crippen LogP contribution in [0, 0.1) is 34.5 Å². The number of nitrogens with one attached hydrogen (secondary N) is 1. The van der Waals surface area contributed by atoms with E-state index in [2.05, 4.69) is 10.5 Å². The van der Waals surface area contributed by atoms with Crippen molar-refractivity contribution in [2.24, 2.45) is 16.9 Å². The molecule has 0 radical (unpaired) electrons. The molecule has 0 saturated heterocycles. The first-order valence-electron chi connectivity index (χ1n) is 5.35. The first kappa shape index (κ1) is 12.3. The zero-order valence-corrected chi connectivity index (χ0v) is 10.4. The number of hydrazone groups is 1. The number of hydrogen-bond donors (Lipinski definition) is 1. The van der Waals surface area contributed by atoms with Gasteiger partial charge in [0.25, 0.3) is 0 Å². The Morgan fingerprint density at radius 3 is 2.67 bits per heavy atom. The Bertz CT molecular complexity index is 550. The number of thiophene rings is 1. The molecule has 1 N–H and O–H groups in total. The molecule has 90 valence electrons. The van der Waals surface area contributed by atoms with E-state index >= 15 is 0 Å². The summed E-state index contributed by atoms with van der Waals surface area (Å²) in [6.07, 6.45) is 0. The molecule has 1 aliphatic heterocycles. The zero-order valence-electron chi connectivity index (χ0n) is 9.62. The molecule has 2 atom stereocenters. The van der Waals surface area contributed by atoms with Crippen LogP contribution in [0.1, 0.15) is 17.7 Å². The maximum absolute atomic E-state index is 11.8. The predicted octanol–water partition coefficient (Wildman–Crippen LogP) is 1.62. The van der Waals surface area contributed by atoms with Gasteiger partial charge in [-0.3, -0.25) is 4.79 Å². The molecule has 0 bridgehead atoms. The molecule has 0 aromatic carbocycles. The minimum atomic E-state index is -0.859. The monoisotopic (exact) mass is 258 g/mol. The highest BCUT2D eigenvalue weighted by atomic mass is 32.1. The minimum absolute atomic E-state index is 0.249. The standard InChI is InChI=1S/C12H10N4OS/c1-7-10(12(17)16-15-7)11(8(5-13)6-14)9-3-2-4-18-9/h2-4,8,10-11H,1H3,(H,16,17)/t10-,11+/m0/s1. The van der Waals surface area contributed by atoms with Gasteiger partial charge in [-0.25, -0.2) is 5.43 Å². The van der Waals surface area contributed by atoms with Crippen LogP contribution in [-0.2, 0) is 4.79 Å². The lowest BCUT2D eigenvalue weighted by Crippen LogP contribution is -2.31. The fourth-order valence-electron chi connectivity index (χ4n) is 2.09. The molecular weight excluding hydrogens is 248 g/mol. The third-order valence-electron chi connectivity index (χ3n) is 2.94. The second kappa shape index (κ2) is 4.99. The molecular formula is C12H10N4OS. The van der Waals surface area contributed by atoms with E-state index < -0.39 is 17.8 Å². The largest absolute Gasteiger partial charge is 0.272 e. The fraction of sp³-hybridized carbons (Fsp3) is 0.333. The van der Waals surface area contributed by atoms with Crippen LogP contribution < -0.4 is 5.43 Å². The van der Waals surface area contributed by atoms with Crippen LogP contribution in [0.15, 0.2) is 22.6 Å². The number of carbonyl (C=O) groups excluding carboxylic acids is 1. The van der Waals surface area contributed by atoms with Gasteiger partial charge < -0.3 is 0 Å². The van der Waals surface area contributed by atoms with E-state index in [-0.39, 0.29) is 5.91 Å². The summed E-state index contributed by atoms with van der Waals surface area (Å²) in [5.74, 6) is -2.09. The maximum atomic E-state index is 11.8. The molecule has 2 rings (SSSR count). The van der Waals surface area contributed by atoms with Crippen molar-refractivity contribution in [3.8, 4) is 12.1 Å². The third-order valence-corrected chi connectivity index (χ3v) is 3.92. The highest BCUT2D eigenvalue weighted by molar-refractivity contribution is 7.10. The Morgan fingerprint density at radius 1 is 1.50 bits per heavy atom. The molecule has 1 aromatic heterocycles. The van der Waals surface area contributed by atoms with Gasteiger partial charge in [-0.2, -0.15) is 15.6 Å². The summed E-state index contributed by atoms with van der Waals surface area (Å²) in [7, 11) is 0. The van der Waals surface area contributed by atoms with Gasteiger partial charge in [-0.1, -0.05) is 6.07 Å². The molecule has 0 saturated carbocycles. The summed E-state index contributed by atoms with van der Waals surface area (Å²) in [6.45, 7) is 1.73. The summed E-state index contributed by atoms with van der Waals surface area (Å²) in [4.78, 5) is 12.7. The van der Waals surface area contributed by atoms with Gasteiger partial charge >= 0.3 is 0 Å². The van der Waals surface area contributed by atoms with Crippen LogP contribution in [0.25, 0.3) is 0 Å². The molecule has 5 nitrogen and oxygen atoms in total. The normalized spacial score (nSPS) is 19.9. The summed E-state index contributed by atoms with van der Waals surface area (Å²) < 4.78 is 0. The minimum Gasteiger partial charge on any atom is -0.272 e. The van der Waals surface area contributed by atoms with Crippen molar-refractivity contribution in [2.75, 3.05) is 0 Å². The van der Waals surface area contributed by atoms with Crippen molar-refractivity contribution in [3.05, 3.63) is 22.4 Å². The molecule has 1 aromatic rings. The molecule has 0 aliphatic carbocycles. The molecule has 1 amide bonds. The fourth-order valence-corrected chi connectivity index (χ4v) is 2.99. The van der Waals surface area contributed by atoms with Crippen molar-refractivity contribution >= 4 is 23.0 Å². The number of amides is 1. The number of rotatable bonds is 3. The predicted molar refractivity (Wildman–Crippen MR) is 66.5 cm³/mol. The SMILES string of the molecule is CC1=NNC(=O)[C@@H]1[C@@H](c1cccs1)C(C#N)C#N. The summed E-state index contributed by atoms with van der Waals surface area (Å²) in [5.41, 5.74) is 3.02. The summed E-state index contributed by atoms with van der Waals surface area (Å²) in [5, 5.41) is 23.9. The highest BCUT2D eigenvalue weighted by Gasteiger charge is 2.41. The van der Waals surface area contributed by atoms with Gasteiger partial charge in [0, 0.05) is 16.5 Å². The summed E-state index contributed by atoms with van der Waals surface area (Å²) in [6, 6.07) is 7.63. The van der Waals surface area contributed by atoms with Crippen LogP contribution in [0.5, 0.6) is 0 Å². The van der Waals surface area contributed by atoms with Gasteiger partial charge in [0.1, 0.15) is 5.92 Å². The van der Waals surface area contributed by atoms with E-state index in [0.717, 1.165) is 4.88 Å². The van der Waals surface area contributed by atoms with E-state index in [1.165, 1.54) is 11.3 Å². The quantitative estimate of drug-likeness (QED) is 0.893. The smallest absolute Gasteiger partial charge is 0.249 e. The Balaban J connectivity index is 2.44. The number of carbonyl (C=O) groups is 1. The van der Waals surface area contributed by atoms with Crippen molar-refractivity contribution in [3.63, 3.8) is 0 Å². The van der Waals surface area contributed by atoms with Crippen molar-refractivity contribution in [1.82, 2.24) is 5.43 Å². The van der Waals surface area contributed by atoms with E-state index in [4.69, 9.17) is 10.5 Å². The lowest BCUT2D eigenvalue weighted by atomic mass is 9.79. The van der Waals surface area contributed by atoms with E-state index in [0.29, 0.717) is 5.71 Å². The highest BCUT2D eigenvalue weighted by Crippen LogP contribution is 2.37. The lowest BCUT2D eigenvalue weighted by Gasteiger charge is -2.21. The van der Waals surface area contributed by atoms with Crippen LogP contribution in [-0.4, -0.2) is 11.6 Å². The summed E-state index contributed by atoms with van der Waals surface area (Å²) >= 11 is 1.44. The van der Waals surface area contributed by atoms with Gasteiger partial charge in [-0.15, -0.1) is 11.3 Å². The van der Waals surface area contributed by atoms with Gasteiger partial charge in [0.05, 0.1) is 18.1 Å². The zero-order chi connectivity index (χ0) is 13.1. The Kier molecular flexibility index (Phi) is 3.40. The maximum Gasteiger partial charge on any atom is 0.249 e. The molecule has 0 spiro atoms. The van der Waals surface area contributed by atoms with Crippen LogP contribution in [0.2, 0.25) is 0 Å². The number of hydrogen-bond acceptors (Lipinski definition) is 5. The average molecular weight is 258 g/mol. The van der Waals surface area contributed by atoms with Crippen LogP contribution in [0.4, 0.5) is 0 Å². The van der Waals surface area contributed by atoms with E-state index in [9.17, 15) is 4.79 Å². The van der Waals surface area contributed by atoms with Crippen LogP contribution in [0.3, 0.4) is 0 Å². The third kappa shape index (κ3) is 1.99. The first-order valence-corrected chi connectivity index (χ1v) is 6.23. The second-order valence-corrected chi connectivity index (χ2v) is 4.96. The molecule has 6 heteroatoms. The average Bonchev–Trinajstić information content (AvgIpc) is 2.99.